The van der Waals surface area contributed by atoms with Crippen LogP contribution < -0.4 is 5.32 Å². The lowest BCUT2D eigenvalue weighted by atomic mass is 10.2. The smallest absolute Gasteiger partial charge is 0.253 e. The van der Waals surface area contributed by atoms with E-state index in [1.165, 1.54) is 5.56 Å². The number of methoxy groups -OCH3 is 1. The van der Waals surface area contributed by atoms with E-state index in [4.69, 9.17) is 4.74 Å². The van der Waals surface area contributed by atoms with Gasteiger partial charge in [-0.2, -0.15) is 0 Å². The molecule has 0 aliphatic heterocycles. The van der Waals surface area contributed by atoms with Crippen LogP contribution in [0.4, 0.5) is 0 Å². The second-order valence-corrected chi connectivity index (χ2v) is 5.56. The Hall–Kier alpha value is -2.07. The number of nitrogens with one attached hydrogen (secondary N) is 1. The first kappa shape index (κ1) is 16.3. The molecule has 0 spiro atoms. The van der Waals surface area contributed by atoms with Crippen LogP contribution in [-0.2, 0) is 4.74 Å². The first-order valence-electron chi connectivity index (χ1n) is 7.57. The first-order chi connectivity index (χ1) is 10.5. The second kappa shape index (κ2) is 7.27. The summed E-state index contributed by atoms with van der Waals surface area (Å²) in [6.07, 6.45) is 0.818. The average Bonchev–Trinajstić information content (AvgIpc) is 2.78. The number of benzene rings is 1. The first-order valence-corrected chi connectivity index (χ1v) is 7.57. The van der Waals surface area contributed by atoms with E-state index < -0.39 is 0 Å². The molecular formula is C18H24N2O2. The highest BCUT2D eigenvalue weighted by Gasteiger charge is 2.16. The van der Waals surface area contributed by atoms with Gasteiger partial charge in [0.2, 0.25) is 0 Å². The van der Waals surface area contributed by atoms with Crippen LogP contribution in [0.3, 0.4) is 0 Å². The summed E-state index contributed by atoms with van der Waals surface area (Å²) < 4.78 is 7.11. The van der Waals surface area contributed by atoms with Gasteiger partial charge in [-0.25, -0.2) is 0 Å². The summed E-state index contributed by atoms with van der Waals surface area (Å²) in [6, 6.07) is 10.2. The van der Waals surface area contributed by atoms with Gasteiger partial charge in [-0.1, -0.05) is 12.1 Å². The number of aryl methyl sites for hydroxylation is 2. The number of nitrogens with zero attached hydrogens (tertiary/aromatic N) is 1. The van der Waals surface area contributed by atoms with Gasteiger partial charge >= 0.3 is 0 Å². The summed E-state index contributed by atoms with van der Waals surface area (Å²) in [4.78, 5) is 12.3. The molecule has 0 saturated heterocycles. The minimum atomic E-state index is -0.0249. The highest BCUT2D eigenvalue weighted by Crippen LogP contribution is 2.21. The van der Waals surface area contributed by atoms with Crippen molar-refractivity contribution >= 4 is 5.91 Å². The van der Waals surface area contributed by atoms with Crippen molar-refractivity contribution in [3.8, 4) is 5.69 Å². The zero-order chi connectivity index (χ0) is 16.1. The van der Waals surface area contributed by atoms with Crippen molar-refractivity contribution in [2.75, 3.05) is 20.3 Å². The summed E-state index contributed by atoms with van der Waals surface area (Å²) >= 11 is 0. The number of aromatic nitrogens is 1. The monoisotopic (exact) mass is 300 g/mol. The largest absolute Gasteiger partial charge is 0.385 e. The average molecular weight is 300 g/mol. The molecule has 0 aliphatic carbocycles. The van der Waals surface area contributed by atoms with Crippen LogP contribution >= 0.6 is 0 Å². The molecule has 1 heterocycles. The topological polar surface area (TPSA) is 43.3 Å². The maximum atomic E-state index is 12.3. The van der Waals surface area contributed by atoms with Crippen LogP contribution in [-0.4, -0.2) is 30.7 Å². The number of ether oxygens (including phenoxy) is 1. The molecule has 1 aromatic carbocycles. The Morgan fingerprint density at radius 2 is 2.00 bits per heavy atom. The van der Waals surface area contributed by atoms with Crippen molar-refractivity contribution in [1.82, 2.24) is 9.88 Å². The van der Waals surface area contributed by atoms with Crippen LogP contribution in [0.5, 0.6) is 0 Å². The van der Waals surface area contributed by atoms with Crippen LogP contribution in [0.15, 0.2) is 30.3 Å². The molecule has 0 unspecified atom stereocenters. The van der Waals surface area contributed by atoms with Gasteiger partial charge in [-0.05, 0) is 51.0 Å². The van der Waals surface area contributed by atoms with E-state index in [-0.39, 0.29) is 5.91 Å². The summed E-state index contributed by atoms with van der Waals surface area (Å²) in [7, 11) is 1.66. The number of carbonyl (C=O) groups excluding carboxylic acids is 1. The maximum Gasteiger partial charge on any atom is 0.253 e. The molecule has 0 bridgehead atoms. The Morgan fingerprint density at radius 1 is 1.23 bits per heavy atom. The van der Waals surface area contributed by atoms with E-state index in [1.54, 1.807) is 7.11 Å². The predicted octanol–water partition coefficient (Wildman–Crippen LogP) is 3.17. The lowest BCUT2D eigenvalue weighted by Crippen LogP contribution is -2.25. The molecule has 118 valence electrons. The SMILES string of the molecule is COCCCNC(=O)c1cc(C)n(-c2cccc(C)c2)c1C. The molecular weight excluding hydrogens is 276 g/mol. The highest BCUT2D eigenvalue weighted by atomic mass is 16.5. The normalized spacial score (nSPS) is 10.7. The fourth-order valence-corrected chi connectivity index (χ4v) is 2.67. The summed E-state index contributed by atoms with van der Waals surface area (Å²) in [6.45, 7) is 7.36. The van der Waals surface area contributed by atoms with Gasteiger partial charge < -0.3 is 14.6 Å². The van der Waals surface area contributed by atoms with Gasteiger partial charge in [0.25, 0.3) is 5.91 Å². The molecule has 0 saturated carbocycles. The summed E-state index contributed by atoms with van der Waals surface area (Å²) in [5.74, 6) is -0.0249. The quantitative estimate of drug-likeness (QED) is 0.833. The zero-order valence-electron chi connectivity index (χ0n) is 13.8. The van der Waals surface area contributed by atoms with Gasteiger partial charge in [-0.15, -0.1) is 0 Å². The van der Waals surface area contributed by atoms with Gasteiger partial charge in [0.05, 0.1) is 5.56 Å². The molecule has 0 radical (unpaired) electrons. The third-order valence-electron chi connectivity index (χ3n) is 3.75. The maximum absolute atomic E-state index is 12.3. The van der Waals surface area contributed by atoms with E-state index in [0.717, 1.165) is 29.1 Å². The zero-order valence-corrected chi connectivity index (χ0v) is 13.8. The molecule has 0 atom stereocenters. The predicted molar refractivity (Wildman–Crippen MR) is 88.8 cm³/mol. The summed E-state index contributed by atoms with van der Waals surface area (Å²) in [5.41, 5.74) is 5.05. The Kier molecular flexibility index (Phi) is 5.39. The van der Waals surface area contributed by atoms with E-state index in [1.807, 2.05) is 26.0 Å². The molecule has 4 heteroatoms. The third kappa shape index (κ3) is 3.57. The molecule has 2 rings (SSSR count). The van der Waals surface area contributed by atoms with Crippen LogP contribution in [0.1, 0.15) is 33.7 Å². The van der Waals surface area contributed by atoms with Crippen molar-refractivity contribution in [3.05, 3.63) is 52.8 Å². The van der Waals surface area contributed by atoms with Gasteiger partial charge in [0.1, 0.15) is 0 Å². The Labute approximate surface area is 132 Å². The number of rotatable bonds is 6. The van der Waals surface area contributed by atoms with Crippen LogP contribution in [0.2, 0.25) is 0 Å². The van der Waals surface area contributed by atoms with Crippen LogP contribution in [0, 0.1) is 20.8 Å². The Balaban J connectivity index is 2.22. The number of carbonyl (C=O) groups is 1. The van der Waals surface area contributed by atoms with E-state index in [0.29, 0.717) is 13.2 Å². The highest BCUT2D eigenvalue weighted by molar-refractivity contribution is 5.95. The van der Waals surface area contributed by atoms with Crippen molar-refractivity contribution in [3.63, 3.8) is 0 Å². The van der Waals surface area contributed by atoms with Gasteiger partial charge in [0, 0.05) is 37.3 Å². The van der Waals surface area contributed by atoms with Crippen molar-refractivity contribution in [1.29, 1.82) is 0 Å². The number of hydrogen-bond acceptors (Lipinski definition) is 2. The lowest BCUT2D eigenvalue weighted by molar-refractivity contribution is 0.0948. The van der Waals surface area contributed by atoms with Crippen molar-refractivity contribution < 1.29 is 9.53 Å². The minimum absolute atomic E-state index is 0.0249. The van der Waals surface area contributed by atoms with Crippen molar-refractivity contribution in [2.24, 2.45) is 0 Å². The Morgan fingerprint density at radius 3 is 2.68 bits per heavy atom. The fraction of sp³-hybridized carbons (Fsp3) is 0.389. The van der Waals surface area contributed by atoms with Crippen molar-refractivity contribution in [2.45, 2.75) is 27.2 Å². The number of hydrogen-bond donors (Lipinski definition) is 1. The molecule has 1 aromatic heterocycles. The van der Waals surface area contributed by atoms with E-state index in [9.17, 15) is 4.79 Å². The van der Waals surface area contributed by atoms with E-state index in [2.05, 4.69) is 35.0 Å². The minimum Gasteiger partial charge on any atom is -0.385 e. The third-order valence-corrected chi connectivity index (χ3v) is 3.75. The molecule has 4 nitrogen and oxygen atoms in total. The lowest BCUT2D eigenvalue weighted by Gasteiger charge is -2.11. The van der Waals surface area contributed by atoms with Crippen LogP contribution in [0.25, 0.3) is 5.69 Å². The number of amides is 1. The molecule has 0 aliphatic rings. The molecule has 1 N–H and O–H groups in total. The molecule has 0 fully saturated rings. The second-order valence-electron chi connectivity index (χ2n) is 5.56. The summed E-state index contributed by atoms with van der Waals surface area (Å²) in [5, 5.41) is 2.95. The Bertz CT molecular complexity index is 659. The van der Waals surface area contributed by atoms with E-state index >= 15 is 0 Å². The standard InChI is InChI=1S/C18H24N2O2/c1-13-7-5-8-16(11-13)20-14(2)12-17(15(20)3)18(21)19-9-6-10-22-4/h5,7-8,11-12H,6,9-10H2,1-4H3,(H,19,21). The van der Waals surface area contributed by atoms with Gasteiger partial charge in [0.15, 0.2) is 0 Å². The molecule has 1 amide bonds. The molecule has 22 heavy (non-hydrogen) atoms. The molecule has 2 aromatic rings. The van der Waals surface area contributed by atoms with Gasteiger partial charge in [-0.3, -0.25) is 4.79 Å². The fourth-order valence-electron chi connectivity index (χ4n) is 2.67.